The topological polar surface area (TPSA) is 109 Å². The summed E-state index contributed by atoms with van der Waals surface area (Å²) in [4.78, 5) is 3.93. The smallest absolute Gasteiger partial charge is 0.263 e. The largest absolute Gasteiger partial charge is 0.398 e. The Hall–Kier alpha value is -2.59. The average Bonchev–Trinajstić information content (AvgIpc) is 2.40. The third-order valence-electron chi connectivity index (χ3n) is 2.59. The molecule has 1 aromatic carbocycles. The Bertz CT molecular complexity index is 777. The first-order valence-corrected chi connectivity index (χ1v) is 7.16. The standard InChI is InChI=1S/C13H12N4O2S/c1-9-2-4-11(8-16-9)17-20(18,19)13-5-3-10(7-14)6-12(13)15/h2-6,8,17H,15H2,1H3. The van der Waals surface area contributed by atoms with E-state index >= 15 is 0 Å². The molecule has 0 fully saturated rings. The third kappa shape index (κ3) is 2.87. The maximum atomic E-state index is 12.2. The van der Waals surface area contributed by atoms with Crippen LogP contribution in [0.4, 0.5) is 11.4 Å². The van der Waals surface area contributed by atoms with Crippen molar-refractivity contribution >= 4 is 21.4 Å². The summed E-state index contributed by atoms with van der Waals surface area (Å²) < 4.78 is 26.8. The average molecular weight is 288 g/mol. The molecule has 0 bridgehead atoms. The molecule has 1 heterocycles. The molecular formula is C13H12N4O2S. The van der Waals surface area contributed by atoms with Crippen molar-refractivity contribution in [3.63, 3.8) is 0 Å². The molecule has 0 aliphatic heterocycles. The minimum absolute atomic E-state index is 0.0246. The van der Waals surface area contributed by atoms with Gasteiger partial charge in [-0.2, -0.15) is 5.26 Å². The van der Waals surface area contributed by atoms with Gasteiger partial charge in [0.1, 0.15) is 4.90 Å². The molecule has 2 aromatic rings. The number of benzene rings is 1. The molecule has 0 saturated carbocycles. The number of pyridine rings is 1. The second-order valence-corrected chi connectivity index (χ2v) is 5.81. The molecule has 3 N–H and O–H groups in total. The quantitative estimate of drug-likeness (QED) is 0.834. The first-order valence-electron chi connectivity index (χ1n) is 5.67. The summed E-state index contributed by atoms with van der Waals surface area (Å²) in [6, 6.07) is 9.23. The summed E-state index contributed by atoms with van der Waals surface area (Å²) >= 11 is 0. The Kier molecular flexibility index (Phi) is 3.59. The van der Waals surface area contributed by atoms with Crippen LogP contribution in [0.25, 0.3) is 0 Å². The molecule has 2 rings (SSSR count). The van der Waals surface area contributed by atoms with Crippen LogP contribution in [-0.4, -0.2) is 13.4 Å². The number of aromatic nitrogens is 1. The van der Waals surface area contributed by atoms with E-state index < -0.39 is 10.0 Å². The number of rotatable bonds is 3. The highest BCUT2D eigenvalue weighted by atomic mass is 32.2. The number of aryl methyl sites for hydroxylation is 1. The van der Waals surface area contributed by atoms with Gasteiger partial charge in [0.15, 0.2) is 0 Å². The summed E-state index contributed by atoms with van der Waals surface area (Å²) in [6.07, 6.45) is 1.42. The van der Waals surface area contributed by atoms with Gasteiger partial charge in [-0.15, -0.1) is 0 Å². The van der Waals surface area contributed by atoms with E-state index in [0.29, 0.717) is 11.3 Å². The number of nitrogens with one attached hydrogen (secondary N) is 1. The molecule has 0 saturated heterocycles. The molecule has 0 atom stereocenters. The van der Waals surface area contributed by atoms with Crippen LogP contribution in [-0.2, 0) is 10.0 Å². The van der Waals surface area contributed by atoms with Crippen LogP contribution in [0.5, 0.6) is 0 Å². The molecule has 1 aromatic heterocycles. The molecule has 0 aliphatic rings. The van der Waals surface area contributed by atoms with Gasteiger partial charge in [0.2, 0.25) is 0 Å². The van der Waals surface area contributed by atoms with Crippen LogP contribution in [0.2, 0.25) is 0 Å². The van der Waals surface area contributed by atoms with Gasteiger partial charge in [-0.1, -0.05) is 0 Å². The number of nitrogens with two attached hydrogens (primary N) is 1. The predicted octanol–water partition coefficient (Wildman–Crippen LogP) is 1.64. The van der Waals surface area contributed by atoms with Gasteiger partial charge in [0.25, 0.3) is 10.0 Å². The van der Waals surface area contributed by atoms with E-state index in [0.717, 1.165) is 5.69 Å². The minimum Gasteiger partial charge on any atom is -0.398 e. The monoisotopic (exact) mass is 288 g/mol. The second kappa shape index (κ2) is 5.19. The van der Waals surface area contributed by atoms with Crippen LogP contribution in [0.3, 0.4) is 0 Å². The zero-order chi connectivity index (χ0) is 14.8. The molecular weight excluding hydrogens is 276 g/mol. The molecule has 102 valence electrons. The zero-order valence-corrected chi connectivity index (χ0v) is 11.5. The van der Waals surface area contributed by atoms with Crippen LogP contribution in [0.1, 0.15) is 11.3 Å². The van der Waals surface area contributed by atoms with Gasteiger partial charge in [-0.3, -0.25) is 9.71 Å². The van der Waals surface area contributed by atoms with E-state index in [-0.39, 0.29) is 10.6 Å². The number of sulfonamides is 1. The van der Waals surface area contributed by atoms with Crippen LogP contribution in [0, 0.1) is 18.3 Å². The highest BCUT2D eigenvalue weighted by molar-refractivity contribution is 7.92. The van der Waals surface area contributed by atoms with Crippen LogP contribution in [0.15, 0.2) is 41.4 Å². The number of anilines is 2. The van der Waals surface area contributed by atoms with Crippen molar-refractivity contribution in [1.29, 1.82) is 5.26 Å². The first kappa shape index (κ1) is 13.8. The Labute approximate surface area is 116 Å². The molecule has 20 heavy (non-hydrogen) atoms. The van der Waals surface area contributed by atoms with Crippen LogP contribution < -0.4 is 10.5 Å². The summed E-state index contributed by atoms with van der Waals surface area (Å²) in [6.45, 7) is 1.80. The Balaban J connectivity index is 2.36. The fourth-order valence-electron chi connectivity index (χ4n) is 1.60. The molecule has 0 radical (unpaired) electrons. The number of hydrogen-bond donors (Lipinski definition) is 2. The van der Waals surface area contributed by atoms with Gasteiger partial charge in [-0.25, -0.2) is 8.42 Å². The summed E-state index contributed by atoms with van der Waals surface area (Å²) in [5, 5.41) is 8.74. The van der Waals surface area contributed by atoms with Crippen molar-refractivity contribution in [2.24, 2.45) is 0 Å². The number of nitrogen functional groups attached to an aromatic ring is 1. The SMILES string of the molecule is Cc1ccc(NS(=O)(=O)c2ccc(C#N)cc2N)cn1. The van der Waals surface area contributed by atoms with Crippen molar-refractivity contribution in [2.75, 3.05) is 10.5 Å². The van der Waals surface area contributed by atoms with Gasteiger partial charge in [-0.05, 0) is 37.3 Å². The van der Waals surface area contributed by atoms with E-state index in [4.69, 9.17) is 11.0 Å². The van der Waals surface area contributed by atoms with Gasteiger partial charge in [0.05, 0.1) is 29.2 Å². The highest BCUT2D eigenvalue weighted by Crippen LogP contribution is 2.22. The summed E-state index contributed by atoms with van der Waals surface area (Å²) in [5.74, 6) is 0. The van der Waals surface area contributed by atoms with E-state index in [9.17, 15) is 8.42 Å². The number of nitrogens with zero attached hydrogens (tertiary/aromatic N) is 2. The van der Waals surface area contributed by atoms with E-state index in [1.54, 1.807) is 19.1 Å². The van der Waals surface area contributed by atoms with Crippen molar-refractivity contribution < 1.29 is 8.42 Å². The lowest BCUT2D eigenvalue weighted by atomic mass is 10.2. The van der Waals surface area contributed by atoms with E-state index in [1.807, 2.05) is 6.07 Å². The molecule has 0 aliphatic carbocycles. The maximum Gasteiger partial charge on any atom is 0.263 e. The second-order valence-electron chi connectivity index (χ2n) is 4.16. The highest BCUT2D eigenvalue weighted by Gasteiger charge is 2.18. The molecule has 0 amide bonds. The molecule has 7 heteroatoms. The number of nitriles is 1. The third-order valence-corrected chi connectivity index (χ3v) is 4.05. The zero-order valence-electron chi connectivity index (χ0n) is 10.7. The summed E-state index contributed by atoms with van der Waals surface area (Å²) in [5.41, 5.74) is 7.13. The predicted molar refractivity (Wildman–Crippen MR) is 75.4 cm³/mol. The Morgan fingerprint density at radius 1 is 1.30 bits per heavy atom. The molecule has 6 nitrogen and oxygen atoms in total. The summed E-state index contributed by atoms with van der Waals surface area (Å²) in [7, 11) is -3.81. The van der Waals surface area contributed by atoms with Crippen molar-refractivity contribution in [1.82, 2.24) is 4.98 Å². The molecule has 0 unspecified atom stereocenters. The maximum absolute atomic E-state index is 12.2. The number of hydrogen-bond acceptors (Lipinski definition) is 5. The fraction of sp³-hybridized carbons (Fsp3) is 0.0769. The Morgan fingerprint density at radius 3 is 2.60 bits per heavy atom. The van der Waals surface area contributed by atoms with E-state index in [2.05, 4.69) is 9.71 Å². The van der Waals surface area contributed by atoms with Crippen molar-refractivity contribution in [3.8, 4) is 6.07 Å². The first-order chi connectivity index (χ1) is 9.42. The van der Waals surface area contributed by atoms with E-state index in [1.165, 1.54) is 24.4 Å². The van der Waals surface area contributed by atoms with Crippen molar-refractivity contribution in [2.45, 2.75) is 11.8 Å². The lowest BCUT2D eigenvalue weighted by molar-refractivity contribution is 0.601. The molecule has 0 spiro atoms. The van der Waals surface area contributed by atoms with Crippen LogP contribution >= 0.6 is 0 Å². The lowest BCUT2D eigenvalue weighted by Gasteiger charge is -2.10. The van der Waals surface area contributed by atoms with Gasteiger partial charge in [0, 0.05) is 5.69 Å². The minimum atomic E-state index is -3.81. The van der Waals surface area contributed by atoms with Crippen molar-refractivity contribution in [3.05, 3.63) is 47.8 Å². The van der Waals surface area contributed by atoms with Gasteiger partial charge < -0.3 is 5.73 Å². The Morgan fingerprint density at radius 2 is 2.05 bits per heavy atom. The normalized spacial score (nSPS) is 10.8. The fourth-order valence-corrected chi connectivity index (χ4v) is 2.76. The van der Waals surface area contributed by atoms with Gasteiger partial charge >= 0.3 is 0 Å². The lowest BCUT2D eigenvalue weighted by Crippen LogP contribution is -2.15.